The molecule has 2 saturated carbocycles. The minimum absolute atomic E-state index is 0.00306. The Balaban J connectivity index is 1.66. The first-order chi connectivity index (χ1) is 10.1. The van der Waals surface area contributed by atoms with Gasteiger partial charge in [0.25, 0.3) is 0 Å². The molecule has 2 fully saturated rings. The average molecular weight is 307 g/mol. The molecule has 21 heavy (non-hydrogen) atoms. The standard InChI is InChI=1S/C16H21NO3S/c1-11(12-2-3-12)17(13-4-5-13)16(19)10-21(20)15-8-6-14(18)7-9-15/h6-9,11-13,18H,2-5,10H2,1H3/t11-,21+/m1/s1. The number of carbonyl (C=O) groups excluding carboxylic acids is 1. The van der Waals surface area contributed by atoms with Crippen LogP contribution in [0.1, 0.15) is 32.6 Å². The molecule has 4 nitrogen and oxygen atoms in total. The van der Waals surface area contributed by atoms with Crippen molar-refractivity contribution in [3.63, 3.8) is 0 Å². The molecule has 0 bridgehead atoms. The molecule has 2 aliphatic rings. The quantitative estimate of drug-likeness (QED) is 0.877. The van der Waals surface area contributed by atoms with E-state index in [0.29, 0.717) is 16.9 Å². The molecule has 1 aromatic rings. The SMILES string of the molecule is C[C@H](C1CC1)N(C(=O)C[S@](=O)c1ccc(O)cc1)C1CC1. The summed E-state index contributed by atoms with van der Waals surface area (Å²) in [5.41, 5.74) is 0. The van der Waals surface area contributed by atoms with Gasteiger partial charge in [0.15, 0.2) is 0 Å². The number of benzene rings is 1. The lowest BCUT2D eigenvalue weighted by atomic mass is 10.2. The van der Waals surface area contributed by atoms with Crippen molar-refractivity contribution in [2.24, 2.45) is 5.92 Å². The van der Waals surface area contributed by atoms with Crippen molar-refractivity contribution in [2.75, 3.05) is 5.75 Å². The second-order valence-corrected chi connectivity index (χ2v) is 7.55. The van der Waals surface area contributed by atoms with E-state index in [1.54, 1.807) is 12.1 Å². The van der Waals surface area contributed by atoms with Gasteiger partial charge >= 0.3 is 0 Å². The number of hydrogen-bond donors (Lipinski definition) is 1. The van der Waals surface area contributed by atoms with E-state index < -0.39 is 10.8 Å². The third-order valence-electron chi connectivity index (χ3n) is 4.33. The number of phenolic OH excluding ortho intramolecular Hbond substituents is 1. The van der Waals surface area contributed by atoms with Crippen LogP contribution in [0.4, 0.5) is 0 Å². The van der Waals surface area contributed by atoms with Crippen LogP contribution in [0.15, 0.2) is 29.2 Å². The van der Waals surface area contributed by atoms with Crippen LogP contribution in [-0.4, -0.2) is 38.0 Å². The summed E-state index contributed by atoms with van der Waals surface area (Å²) in [5.74, 6) is 0.822. The first kappa shape index (κ1) is 14.6. The predicted octanol–water partition coefficient (Wildman–Crippen LogP) is 2.29. The first-order valence-electron chi connectivity index (χ1n) is 7.55. The summed E-state index contributed by atoms with van der Waals surface area (Å²) in [6.45, 7) is 2.12. The minimum atomic E-state index is -1.34. The fourth-order valence-electron chi connectivity index (χ4n) is 2.79. The Morgan fingerprint density at radius 3 is 2.43 bits per heavy atom. The van der Waals surface area contributed by atoms with Crippen LogP contribution >= 0.6 is 0 Å². The number of nitrogens with zero attached hydrogens (tertiary/aromatic N) is 1. The van der Waals surface area contributed by atoms with E-state index >= 15 is 0 Å². The molecule has 0 aliphatic heterocycles. The van der Waals surface area contributed by atoms with Crippen molar-refractivity contribution in [3.05, 3.63) is 24.3 Å². The van der Waals surface area contributed by atoms with Crippen molar-refractivity contribution >= 4 is 16.7 Å². The zero-order chi connectivity index (χ0) is 15.0. The molecular formula is C16H21NO3S. The Morgan fingerprint density at radius 2 is 1.90 bits per heavy atom. The monoisotopic (exact) mass is 307 g/mol. The summed E-state index contributed by atoms with van der Waals surface area (Å²) in [7, 11) is -1.34. The smallest absolute Gasteiger partial charge is 0.236 e. The molecule has 5 heteroatoms. The summed E-state index contributed by atoms with van der Waals surface area (Å²) in [5, 5.41) is 9.26. The zero-order valence-corrected chi connectivity index (χ0v) is 13.0. The van der Waals surface area contributed by atoms with Gasteiger partial charge in [-0.3, -0.25) is 9.00 Å². The highest BCUT2D eigenvalue weighted by molar-refractivity contribution is 7.85. The van der Waals surface area contributed by atoms with Gasteiger partial charge in [-0.1, -0.05) is 0 Å². The summed E-state index contributed by atoms with van der Waals surface area (Å²) in [6, 6.07) is 6.88. The largest absolute Gasteiger partial charge is 0.508 e. The highest BCUT2D eigenvalue weighted by atomic mass is 32.2. The van der Waals surface area contributed by atoms with Gasteiger partial charge in [0.2, 0.25) is 5.91 Å². The Hall–Kier alpha value is -1.36. The van der Waals surface area contributed by atoms with E-state index in [-0.39, 0.29) is 23.5 Å². The second-order valence-electron chi connectivity index (χ2n) is 6.09. The van der Waals surface area contributed by atoms with E-state index in [1.807, 2.05) is 4.90 Å². The number of phenols is 1. The molecule has 0 spiro atoms. The lowest BCUT2D eigenvalue weighted by Crippen LogP contribution is -2.43. The van der Waals surface area contributed by atoms with Gasteiger partial charge in [-0.15, -0.1) is 0 Å². The van der Waals surface area contributed by atoms with Crippen LogP contribution in [0.5, 0.6) is 5.75 Å². The number of amides is 1. The van der Waals surface area contributed by atoms with Gasteiger partial charge in [-0.05, 0) is 62.8 Å². The van der Waals surface area contributed by atoms with Gasteiger partial charge in [-0.2, -0.15) is 0 Å². The Bertz CT molecular complexity index is 549. The molecule has 0 heterocycles. The van der Waals surface area contributed by atoms with E-state index in [0.717, 1.165) is 12.8 Å². The van der Waals surface area contributed by atoms with E-state index in [9.17, 15) is 14.1 Å². The average Bonchev–Trinajstić information content (AvgIpc) is 3.32. The summed E-state index contributed by atoms with van der Waals surface area (Å²) < 4.78 is 12.3. The molecule has 1 aromatic carbocycles. The van der Waals surface area contributed by atoms with Crippen molar-refractivity contribution in [1.82, 2.24) is 4.90 Å². The molecule has 114 valence electrons. The normalized spacial score (nSPS) is 20.8. The van der Waals surface area contributed by atoms with Gasteiger partial charge in [-0.25, -0.2) is 0 Å². The maximum Gasteiger partial charge on any atom is 0.236 e. The van der Waals surface area contributed by atoms with Crippen LogP contribution in [-0.2, 0) is 15.6 Å². The molecule has 3 rings (SSSR count). The van der Waals surface area contributed by atoms with Gasteiger partial charge in [0, 0.05) is 17.0 Å². The Kier molecular flexibility index (Phi) is 4.02. The zero-order valence-electron chi connectivity index (χ0n) is 12.2. The first-order valence-corrected chi connectivity index (χ1v) is 8.86. The van der Waals surface area contributed by atoms with E-state index in [2.05, 4.69) is 6.92 Å². The van der Waals surface area contributed by atoms with E-state index in [1.165, 1.54) is 25.0 Å². The third kappa shape index (κ3) is 3.46. The molecule has 1 amide bonds. The highest BCUT2D eigenvalue weighted by Crippen LogP contribution is 2.39. The molecule has 2 atom stereocenters. The fraction of sp³-hybridized carbons (Fsp3) is 0.562. The molecule has 2 aliphatic carbocycles. The Labute approximate surface area is 127 Å². The van der Waals surface area contributed by atoms with Crippen molar-refractivity contribution in [3.8, 4) is 5.75 Å². The molecule has 0 unspecified atom stereocenters. The number of hydrogen-bond acceptors (Lipinski definition) is 3. The van der Waals surface area contributed by atoms with Crippen molar-refractivity contribution < 1.29 is 14.1 Å². The van der Waals surface area contributed by atoms with Crippen LogP contribution in [0.25, 0.3) is 0 Å². The molecule has 1 N–H and O–H groups in total. The van der Waals surface area contributed by atoms with E-state index in [4.69, 9.17) is 0 Å². The van der Waals surface area contributed by atoms with Crippen LogP contribution in [0, 0.1) is 5.92 Å². The number of rotatable bonds is 6. The molecule has 0 radical (unpaired) electrons. The molecular weight excluding hydrogens is 286 g/mol. The number of carbonyl (C=O) groups is 1. The van der Waals surface area contributed by atoms with Gasteiger partial charge in [0.05, 0.1) is 10.8 Å². The third-order valence-corrected chi connectivity index (χ3v) is 5.63. The molecule has 0 saturated heterocycles. The topological polar surface area (TPSA) is 57.6 Å². The van der Waals surface area contributed by atoms with Crippen molar-refractivity contribution in [1.29, 1.82) is 0 Å². The van der Waals surface area contributed by atoms with Gasteiger partial charge in [0.1, 0.15) is 11.5 Å². The van der Waals surface area contributed by atoms with Crippen LogP contribution < -0.4 is 0 Å². The molecule has 0 aromatic heterocycles. The number of aromatic hydroxyl groups is 1. The van der Waals surface area contributed by atoms with Crippen LogP contribution in [0.3, 0.4) is 0 Å². The maximum atomic E-state index is 12.5. The summed E-state index contributed by atoms with van der Waals surface area (Å²) >= 11 is 0. The summed E-state index contributed by atoms with van der Waals surface area (Å²) in [6.07, 6.45) is 4.57. The minimum Gasteiger partial charge on any atom is -0.508 e. The lowest BCUT2D eigenvalue weighted by Gasteiger charge is -2.29. The summed E-state index contributed by atoms with van der Waals surface area (Å²) in [4.78, 5) is 15.1. The maximum absolute atomic E-state index is 12.5. The van der Waals surface area contributed by atoms with Crippen LogP contribution in [0.2, 0.25) is 0 Å². The lowest BCUT2D eigenvalue weighted by molar-refractivity contribution is -0.131. The highest BCUT2D eigenvalue weighted by Gasteiger charge is 2.41. The fourth-order valence-corrected chi connectivity index (χ4v) is 3.77. The second kappa shape index (κ2) is 5.79. The predicted molar refractivity (Wildman–Crippen MR) is 81.4 cm³/mol. The van der Waals surface area contributed by atoms with Crippen molar-refractivity contribution in [2.45, 2.75) is 49.6 Å². The Morgan fingerprint density at radius 1 is 1.29 bits per heavy atom. The van der Waals surface area contributed by atoms with Gasteiger partial charge < -0.3 is 10.0 Å².